The van der Waals surface area contributed by atoms with Gasteiger partial charge in [0.15, 0.2) is 0 Å². The molecule has 0 fully saturated rings. The molecule has 1 amide bonds. The van der Waals surface area contributed by atoms with E-state index in [-0.39, 0.29) is 12.3 Å². The van der Waals surface area contributed by atoms with Crippen LogP contribution >= 0.6 is 0 Å². The van der Waals surface area contributed by atoms with Crippen molar-refractivity contribution in [2.45, 2.75) is 20.3 Å². The molecular formula is C13H20N2O2S. The minimum atomic E-state index is -0.919. The van der Waals surface area contributed by atoms with E-state index >= 15 is 0 Å². The van der Waals surface area contributed by atoms with Crippen LogP contribution < -0.4 is 11.1 Å². The molecule has 0 radical (unpaired) electrons. The van der Waals surface area contributed by atoms with Crippen LogP contribution in [-0.2, 0) is 15.6 Å². The van der Waals surface area contributed by atoms with Gasteiger partial charge in [-0.1, -0.05) is 19.9 Å². The Balaban J connectivity index is 2.36. The Morgan fingerprint density at radius 2 is 2.17 bits per heavy atom. The van der Waals surface area contributed by atoms with Crippen molar-refractivity contribution in [1.82, 2.24) is 0 Å². The predicted octanol–water partition coefficient (Wildman–Crippen LogP) is 2.00. The zero-order valence-corrected chi connectivity index (χ0v) is 11.6. The maximum Gasteiger partial charge on any atom is 0.225 e. The minimum Gasteiger partial charge on any atom is -0.399 e. The van der Waals surface area contributed by atoms with E-state index < -0.39 is 10.8 Å². The fourth-order valence-corrected chi connectivity index (χ4v) is 2.82. The van der Waals surface area contributed by atoms with E-state index in [4.69, 9.17) is 5.73 Å². The fraction of sp³-hybridized carbons (Fsp3) is 0.462. The topological polar surface area (TPSA) is 72.2 Å². The van der Waals surface area contributed by atoms with Crippen molar-refractivity contribution >= 4 is 28.1 Å². The zero-order chi connectivity index (χ0) is 13.5. The minimum absolute atomic E-state index is 0.127. The molecule has 5 heteroatoms. The van der Waals surface area contributed by atoms with Crippen molar-refractivity contribution in [3.63, 3.8) is 0 Å². The van der Waals surface area contributed by atoms with Gasteiger partial charge in [-0.05, 0) is 24.1 Å². The van der Waals surface area contributed by atoms with E-state index in [0.29, 0.717) is 28.8 Å². The largest absolute Gasteiger partial charge is 0.399 e. The van der Waals surface area contributed by atoms with Crippen LogP contribution in [-0.4, -0.2) is 21.6 Å². The normalized spacial score (nSPS) is 12.4. The Hall–Kier alpha value is -1.36. The van der Waals surface area contributed by atoms with E-state index in [0.717, 1.165) is 0 Å². The first kappa shape index (κ1) is 14.7. The quantitative estimate of drug-likeness (QED) is 0.775. The number of nitrogens with one attached hydrogen (secondary N) is 1. The molecule has 0 spiro atoms. The molecule has 0 aliphatic rings. The van der Waals surface area contributed by atoms with Gasteiger partial charge in [-0.2, -0.15) is 0 Å². The van der Waals surface area contributed by atoms with Crippen LogP contribution in [0, 0.1) is 5.92 Å². The highest BCUT2D eigenvalue weighted by Crippen LogP contribution is 2.12. The Bertz CT molecular complexity index is 433. The highest BCUT2D eigenvalue weighted by Gasteiger charge is 2.07. The van der Waals surface area contributed by atoms with Crippen LogP contribution in [0.15, 0.2) is 24.3 Å². The van der Waals surface area contributed by atoms with Gasteiger partial charge in [0.05, 0.1) is 0 Å². The number of hydrogen-bond donors (Lipinski definition) is 2. The summed E-state index contributed by atoms with van der Waals surface area (Å²) in [6.07, 6.45) is 0.272. The van der Waals surface area contributed by atoms with Crippen LogP contribution in [0.3, 0.4) is 0 Å². The number of carbonyl (C=O) groups excluding carboxylic acids is 1. The SMILES string of the molecule is CC(C)CS(=O)CCC(=O)Nc1cccc(N)c1. The molecule has 0 saturated heterocycles. The molecule has 0 aromatic heterocycles. The summed E-state index contributed by atoms with van der Waals surface area (Å²) in [5.74, 6) is 1.32. The summed E-state index contributed by atoms with van der Waals surface area (Å²) in [6, 6.07) is 7.01. The lowest BCUT2D eigenvalue weighted by atomic mass is 10.3. The first-order valence-corrected chi connectivity index (χ1v) is 7.46. The smallest absolute Gasteiger partial charge is 0.225 e. The van der Waals surface area contributed by atoms with Crippen LogP contribution in [0.5, 0.6) is 0 Å². The highest BCUT2D eigenvalue weighted by molar-refractivity contribution is 7.85. The lowest BCUT2D eigenvalue weighted by molar-refractivity contribution is -0.115. The Morgan fingerprint density at radius 1 is 1.44 bits per heavy atom. The van der Waals surface area contributed by atoms with Crippen LogP contribution in [0.4, 0.5) is 11.4 Å². The molecule has 1 aromatic carbocycles. The van der Waals surface area contributed by atoms with E-state index in [9.17, 15) is 9.00 Å². The third-order valence-corrected chi connectivity index (χ3v) is 3.94. The third kappa shape index (κ3) is 5.82. The molecule has 0 aliphatic carbocycles. The van der Waals surface area contributed by atoms with Gasteiger partial charge in [0.25, 0.3) is 0 Å². The van der Waals surface area contributed by atoms with Crippen LogP contribution in [0.2, 0.25) is 0 Å². The summed E-state index contributed by atoms with van der Waals surface area (Å²) in [4.78, 5) is 11.6. The van der Waals surface area contributed by atoms with Crippen molar-refractivity contribution in [1.29, 1.82) is 0 Å². The first-order valence-electron chi connectivity index (χ1n) is 5.97. The highest BCUT2D eigenvalue weighted by atomic mass is 32.2. The first-order chi connectivity index (χ1) is 8.47. The molecule has 0 aliphatic heterocycles. The van der Waals surface area contributed by atoms with Gasteiger partial charge >= 0.3 is 0 Å². The van der Waals surface area contributed by atoms with Crippen molar-refractivity contribution in [3.8, 4) is 0 Å². The van der Waals surface area contributed by atoms with Gasteiger partial charge in [0, 0.05) is 40.1 Å². The van der Waals surface area contributed by atoms with Crippen LogP contribution in [0.1, 0.15) is 20.3 Å². The molecule has 0 bridgehead atoms. The molecule has 1 atom stereocenters. The molecule has 1 rings (SSSR count). The van der Waals surface area contributed by atoms with E-state index in [1.54, 1.807) is 24.3 Å². The maximum atomic E-state index is 11.6. The Labute approximate surface area is 110 Å². The number of amides is 1. The average Bonchev–Trinajstić information content (AvgIpc) is 2.25. The number of nitrogen functional groups attached to an aromatic ring is 1. The van der Waals surface area contributed by atoms with Crippen molar-refractivity contribution in [2.24, 2.45) is 5.92 Å². The molecule has 1 aromatic rings. The molecule has 0 saturated carbocycles. The average molecular weight is 268 g/mol. The zero-order valence-electron chi connectivity index (χ0n) is 10.8. The summed E-state index contributed by atoms with van der Waals surface area (Å²) in [7, 11) is -0.919. The van der Waals surface area contributed by atoms with Gasteiger partial charge in [-0.3, -0.25) is 9.00 Å². The molecule has 100 valence electrons. The standard InChI is InChI=1S/C13H20N2O2S/c1-10(2)9-18(17)7-6-13(16)15-12-5-3-4-11(14)8-12/h3-5,8,10H,6-7,9,14H2,1-2H3,(H,15,16). The number of carbonyl (C=O) groups is 1. The van der Waals surface area contributed by atoms with Crippen molar-refractivity contribution < 1.29 is 9.00 Å². The van der Waals surface area contributed by atoms with Crippen molar-refractivity contribution in [3.05, 3.63) is 24.3 Å². The second-order valence-electron chi connectivity index (χ2n) is 4.63. The van der Waals surface area contributed by atoms with Gasteiger partial charge in [-0.15, -0.1) is 0 Å². The maximum absolute atomic E-state index is 11.6. The number of nitrogens with two attached hydrogens (primary N) is 1. The van der Waals surface area contributed by atoms with Gasteiger partial charge in [0.2, 0.25) is 5.91 Å². The monoisotopic (exact) mass is 268 g/mol. The fourth-order valence-electron chi connectivity index (χ4n) is 1.50. The Kier molecular flexibility index (Phi) is 5.85. The molecule has 0 heterocycles. The van der Waals surface area contributed by atoms with Gasteiger partial charge in [0.1, 0.15) is 0 Å². The Morgan fingerprint density at radius 3 is 2.78 bits per heavy atom. The van der Waals surface area contributed by atoms with Crippen LogP contribution in [0.25, 0.3) is 0 Å². The van der Waals surface area contributed by atoms with Gasteiger partial charge in [-0.25, -0.2) is 0 Å². The predicted molar refractivity (Wildman–Crippen MR) is 76.8 cm³/mol. The van der Waals surface area contributed by atoms with E-state index in [2.05, 4.69) is 5.32 Å². The number of anilines is 2. The molecule has 3 N–H and O–H groups in total. The second-order valence-corrected chi connectivity index (χ2v) is 6.25. The molecule has 1 unspecified atom stereocenters. The van der Waals surface area contributed by atoms with E-state index in [1.807, 2.05) is 13.8 Å². The van der Waals surface area contributed by atoms with E-state index in [1.165, 1.54) is 0 Å². The number of rotatable bonds is 6. The summed E-state index contributed by atoms with van der Waals surface area (Å²) in [5.41, 5.74) is 6.89. The summed E-state index contributed by atoms with van der Waals surface area (Å²) in [5, 5.41) is 2.74. The number of benzene rings is 1. The number of hydrogen-bond acceptors (Lipinski definition) is 3. The molecular weight excluding hydrogens is 248 g/mol. The van der Waals surface area contributed by atoms with Crippen molar-refractivity contribution in [2.75, 3.05) is 22.6 Å². The summed E-state index contributed by atoms with van der Waals surface area (Å²) in [6.45, 7) is 4.04. The summed E-state index contributed by atoms with van der Waals surface area (Å²) >= 11 is 0. The molecule has 18 heavy (non-hydrogen) atoms. The summed E-state index contributed by atoms with van der Waals surface area (Å²) < 4.78 is 11.6. The van der Waals surface area contributed by atoms with Gasteiger partial charge < -0.3 is 11.1 Å². The third-order valence-electron chi connectivity index (χ3n) is 2.25. The lowest BCUT2D eigenvalue weighted by Gasteiger charge is -2.07. The lowest BCUT2D eigenvalue weighted by Crippen LogP contribution is -2.17. The second kappa shape index (κ2) is 7.16. The molecule has 4 nitrogen and oxygen atoms in total.